The smallest absolute Gasteiger partial charge is 0.244 e. The summed E-state index contributed by atoms with van der Waals surface area (Å²) in [7, 11) is 0. The topological polar surface area (TPSA) is 29.1 Å². The fraction of sp³-hybridized carbons (Fsp3) is 0.267. The van der Waals surface area contributed by atoms with Crippen LogP contribution in [-0.4, -0.2) is 12.5 Å². The molecule has 0 saturated heterocycles. The summed E-state index contributed by atoms with van der Waals surface area (Å²) in [5, 5.41) is 2.71. The summed E-state index contributed by atoms with van der Waals surface area (Å²) < 4.78 is 0.755. The van der Waals surface area contributed by atoms with E-state index in [1.807, 2.05) is 12.1 Å². The standard InChI is InChI=1S/C15H18BrNO/c1-11(2)14-7-4-13(5-8-14)6-9-15(18)17-10-12(3)16/h4-9,11H,3,10H2,1-2H3,(H,17,18)/b9-6+. The first-order valence-corrected chi connectivity index (χ1v) is 6.67. The SMILES string of the molecule is C=C(Br)CNC(=O)/C=C/c1ccc(C(C)C)cc1. The molecule has 0 spiro atoms. The molecule has 0 unspecified atom stereocenters. The normalized spacial score (nSPS) is 10.9. The van der Waals surface area contributed by atoms with E-state index in [4.69, 9.17) is 0 Å². The van der Waals surface area contributed by atoms with E-state index < -0.39 is 0 Å². The minimum absolute atomic E-state index is 0.122. The van der Waals surface area contributed by atoms with E-state index in [1.165, 1.54) is 11.6 Å². The summed E-state index contributed by atoms with van der Waals surface area (Å²) in [6.07, 6.45) is 3.33. The Hall–Kier alpha value is -1.35. The first-order valence-electron chi connectivity index (χ1n) is 5.88. The second-order valence-electron chi connectivity index (χ2n) is 4.39. The lowest BCUT2D eigenvalue weighted by Gasteiger charge is -2.04. The van der Waals surface area contributed by atoms with Gasteiger partial charge in [-0.1, -0.05) is 60.6 Å². The fourth-order valence-electron chi connectivity index (χ4n) is 1.41. The molecular weight excluding hydrogens is 290 g/mol. The molecule has 3 heteroatoms. The fourth-order valence-corrected chi connectivity index (χ4v) is 1.55. The van der Waals surface area contributed by atoms with Crippen molar-refractivity contribution in [3.05, 3.63) is 52.5 Å². The van der Waals surface area contributed by atoms with Crippen molar-refractivity contribution in [2.24, 2.45) is 0 Å². The van der Waals surface area contributed by atoms with Gasteiger partial charge < -0.3 is 5.32 Å². The van der Waals surface area contributed by atoms with Crippen LogP contribution in [-0.2, 0) is 4.79 Å². The highest BCUT2D eigenvalue weighted by molar-refractivity contribution is 9.11. The molecule has 0 radical (unpaired) electrons. The number of halogens is 1. The molecule has 1 aromatic carbocycles. The van der Waals surface area contributed by atoms with Crippen LogP contribution in [0, 0.1) is 0 Å². The lowest BCUT2D eigenvalue weighted by Crippen LogP contribution is -2.21. The first-order chi connectivity index (χ1) is 8.49. The molecule has 18 heavy (non-hydrogen) atoms. The van der Waals surface area contributed by atoms with Crippen LogP contribution < -0.4 is 5.32 Å². The average molecular weight is 308 g/mol. The highest BCUT2D eigenvalue weighted by atomic mass is 79.9. The molecule has 0 aliphatic heterocycles. The Labute approximate surface area is 117 Å². The van der Waals surface area contributed by atoms with E-state index in [2.05, 4.69) is 53.8 Å². The molecule has 0 fully saturated rings. The number of amides is 1. The van der Waals surface area contributed by atoms with E-state index in [9.17, 15) is 4.79 Å². The summed E-state index contributed by atoms with van der Waals surface area (Å²) >= 11 is 3.19. The Morgan fingerprint density at radius 3 is 2.50 bits per heavy atom. The number of carbonyl (C=O) groups is 1. The highest BCUT2D eigenvalue weighted by Crippen LogP contribution is 2.15. The third-order valence-electron chi connectivity index (χ3n) is 2.48. The number of carbonyl (C=O) groups excluding carboxylic acids is 1. The second-order valence-corrected chi connectivity index (χ2v) is 5.51. The quantitative estimate of drug-likeness (QED) is 0.823. The van der Waals surface area contributed by atoms with Crippen LogP contribution in [0.5, 0.6) is 0 Å². The van der Waals surface area contributed by atoms with E-state index in [0.29, 0.717) is 12.5 Å². The Balaban J connectivity index is 2.56. The van der Waals surface area contributed by atoms with Crippen molar-refractivity contribution in [2.75, 3.05) is 6.54 Å². The van der Waals surface area contributed by atoms with Gasteiger partial charge in [0.15, 0.2) is 0 Å². The zero-order valence-electron chi connectivity index (χ0n) is 10.7. The number of hydrogen-bond acceptors (Lipinski definition) is 1. The van der Waals surface area contributed by atoms with E-state index in [1.54, 1.807) is 6.08 Å². The Morgan fingerprint density at radius 1 is 1.39 bits per heavy atom. The van der Waals surface area contributed by atoms with Crippen molar-refractivity contribution in [1.29, 1.82) is 0 Å². The zero-order chi connectivity index (χ0) is 13.5. The molecule has 0 aliphatic rings. The third kappa shape index (κ3) is 5.32. The van der Waals surface area contributed by atoms with Crippen molar-refractivity contribution in [3.63, 3.8) is 0 Å². The Morgan fingerprint density at radius 2 is 2.00 bits per heavy atom. The van der Waals surface area contributed by atoms with Crippen molar-refractivity contribution in [3.8, 4) is 0 Å². The number of rotatable bonds is 5. The summed E-state index contributed by atoms with van der Waals surface area (Å²) in [6, 6.07) is 8.20. The Kier molecular flexibility index (Phi) is 5.86. The van der Waals surface area contributed by atoms with E-state index in [-0.39, 0.29) is 5.91 Å². The van der Waals surface area contributed by atoms with Gasteiger partial charge >= 0.3 is 0 Å². The van der Waals surface area contributed by atoms with Gasteiger partial charge in [0.1, 0.15) is 0 Å². The molecule has 0 bridgehead atoms. The maximum Gasteiger partial charge on any atom is 0.244 e. The van der Waals surface area contributed by atoms with E-state index in [0.717, 1.165) is 10.0 Å². The second kappa shape index (κ2) is 7.17. The predicted molar refractivity (Wildman–Crippen MR) is 80.6 cm³/mol. The molecule has 0 aromatic heterocycles. The van der Waals surface area contributed by atoms with Gasteiger partial charge in [0, 0.05) is 17.1 Å². The molecule has 1 rings (SSSR count). The average Bonchev–Trinajstić information content (AvgIpc) is 2.34. The van der Waals surface area contributed by atoms with Gasteiger partial charge in [-0.2, -0.15) is 0 Å². The minimum atomic E-state index is -0.122. The number of hydrogen-bond donors (Lipinski definition) is 1. The molecule has 0 atom stereocenters. The van der Waals surface area contributed by atoms with Gasteiger partial charge in [0.2, 0.25) is 5.91 Å². The van der Waals surface area contributed by atoms with Crippen LogP contribution in [0.15, 0.2) is 41.4 Å². The largest absolute Gasteiger partial charge is 0.348 e. The Bertz CT molecular complexity index is 446. The molecule has 0 aliphatic carbocycles. The van der Waals surface area contributed by atoms with Crippen molar-refractivity contribution in [2.45, 2.75) is 19.8 Å². The predicted octanol–water partition coefficient (Wildman–Crippen LogP) is 3.85. The van der Waals surface area contributed by atoms with Gasteiger partial charge in [0.05, 0.1) is 0 Å². The zero-order valence-corrected chi connectivity index (χ0v) is 12.3. The first kappa shape index (κ1) is 14.7. The molecular formula is C15H18BrNO. The summed E-state index contributed by atoms with van der Waals surface area (Å²) in [4.78, 5) is 11.4. The summed E-state index contributed by atoms with van der Waals surface area (Å²) in [5.74, 6) is 0.403. The molecule has 0 saturated carbocycles. The maximum absolute atomic E-state index is 11.4. The highest BCUT2D eigenvalue weighted by Gasteiger charge is 1.98. The van der Waals surface area contributed by atoms with Gasteiger partial charge in [-0.25, -0.2) is 0 Å². The van der Waals surface area contributed by atoms with Gasteiger partial charge in [-0.15, -0.1) is 0 Å². The molecule has 1 amide bonds. The number of nitrogens with one attached hydrogen (secondary N) is 1. The van der Waals surface area contributed by atoms with Crippen LogP contribution >= 0.6 is 15.9 Å². The molecule has 0 heterocycles. The van der Waals surface area contributed by atoms with Crippen LogP contribution in [0.2, 0.25) is 0 Å². The van der Waals surface area contributed by atoms with Crippen molar-refractivity contribution >= 4 is 27.9 Å². The molecule has 96 valence electrons. The van der Waals surface area contributed by atoms with Gasteiger partial charge in [0.25, 0.3) is 0 Å². The lowest BCUT2D eigenvalue weighted by atomic mass is 10.0. The van der Waals surface area contributed by atoms with Crippen LogP contribution in [0.1, 0.15) is 30.9 Å². The van der Waals surface area contributed by atoms with Gasteiger partial charge in [-0.3, -0.25) is 4.79 Å². The summed E-state index contributed by atoms with van der Waals surface area (Å²) in [6.45, 7) is 8.41. The molecule has 1 aromatic rings. The maximum atomic E-state index is 11.4. The molecule has 1 N–H and O–H groups in total. The monoisotopic (exact) mass is 307 g/mol. The van der Waals surface area contributed by atoms with E-state index >= 15 is 0 Å². The lowest BCUT2D eigenvalue weighted by molar-refractivity contribution is -0.116. The van der Waals surface area contributed by atoms with Crippen LogP contribution in [0.25, 0.3) is 6.08 Å². The van der Waals surface area contributed by atoms with Crippen LogP contribution in [0.3, 0.4) is 0 Å². The van der Waals surface area contributed by atoms with Crippen LogP contribution in [0.4, 0.5) is 0 Å². The van der Waals surface area contributed by atoms with Gasteiger partial charge in [-0.05, 0) is 23.1 Å². The molecule has 2 nitrogen and oxygen atoms in total. The summed E-state index contributed by atoms with van der Waals surface area (Å²) in [5.41, 5.74) is 2.32. The van der Waals surface area contributed by atoms with Crippen molar-refractivity contribution in [1.82, 2.24) is 5.32 Å². The third-order valence-corrected chi connectivity index (χ3v) is 2.77. The number of benzene rings is 1. The minimum Gasteiger partial charge on any atom is -0.348 e. The van der Waals surface area contributed by atoms with Crippen molar-refractivity contribution < 1.29 is 4.79 Å².